The minimum absolute atomic E-state index is 0.0860. The van der Waals surface area contributed by atoms with Gasteiger partial charge < -0.3 is 15.1 Å². The van der Waals surface area contributed by atoms with Gasteiger partial charge in [-0.15, -0.1) is 0 Å². The second-order valence-corrected chi connectivity index (χ2v) is 14.5. The van der Waals surface area contributed by atoms with Crippen molar-refractivity contribution >= 4 is 0 Å². The molecule has 34 heavy (non-hydrogen) atoms. The van der Waals surface area contributed by atoms with Crippen molar-refractivity contribution in [3.8, 4) is 5.75 Å². The molecule has 1 aliphatic carbocycles. The molecule has 1 aromatic rings. The van der Waals surface area contributed by atoms with Gasteiger partial charge in [-0.3, -0.25) is 0 Å². The first-order chi connectivity index (χ1) is 15.4. The molecule has 3 rings (SSSR count). The van der Waals surface area contributed by atoms with Crippen LogP contribution in [0.1, 0.15) is 124 Å². The average molecular weight is 474 g/mol. The van der Waals surface area contributed by atoms with E-state index in [9.17, 15) is 10.3 Å². The van der Waals surface area contributed by atoms with Gasteiger partial charge in [-0.25, -0.2) is 0 Å². The molecule has 0 aromatic heterocycles. The van der Waals surface area contributed by atoms with Crippen LogP contribution in [-0.2, 0) is 22.0 Å². The number of phenols is 1. The predicted octanol–water partition coefficient (Wildman–Crippen LogP) is 7.52. The Labute approximate surface area is 209 Å². The zero-order chi connectivity index (χ0) is 25.7. The first-order valence-electron chi connectivity index (χ1n) is 13.4. The smallest absolute Gasteiger partial charge is 0.123 e. The number of hydroxylamine groups is 2. The van der Waals surface area contributed by atoms with Gasteiger partial charge in [0.1, 0.15) is 5.75 Å². The second-order valence-electron chi connectivity index (χ2n) is 14.5. The number of hydrogen-bond donors (Lipinski definition) is 2. The maximum Gasteiger partial charge on any atom is 0.123 e. The molecule has 0 atom stereocenters. The van der Waals surface area contributed by atoms with Crippen LogP contribution in [0, 0.1) is 5.92 Å². The molecule has 0 radical (unpaired) electrons. The van der Waals surface area contributed by atoms with Crippen LogP contribution in [0.3, 0.4) is 0 Å². The fraction of sp³-hybridized carbons (Fsp3) is 0.800. The Morgan fingerprint density at radius 1 is 0.824 bits per heavy atom. The summed E-state index contributed by atoms with van der Waals surface area (Å²) in [6.07, 6.45) is 7.94. The lowest BCUT2D eigenvalue weighted by atomic mass is 9.76. The summed E-state index contributed by atoms with van der Waals surface area (Å²) in [4.78, 5) is 0. The van der Waals surface area contributed by atoms with Crippen LogP contribution in [0.5, 0.6) is 5.75 Å². The Hall–Kier alpha value is -1.10. The molecule has 1 heterocycles. The molecule has 1 aromatic carbocycles. The lowest BCUT2D eigenvalue weighted by Gasteiger charge is -2.51. The normalized spacial score (nSPS) is 26.6. The number of piperidine rings is 1. The molecule has 1 saturated carbocycles. The topological polar surface area (TPSA) is 52.9 Å². The summed E-state index contributed by atoms with van der Waals surface area (Å²) in [5.41, 5.74) is 2.78. The van der Waals surface area contributed by atoms with Gasteiger partial charge in [-0.1, -0.05) is 53.7 Å². The highest BCUT2D eigenvalue weighted by Gasteiger charge is 2.46. The van der Waals surface area contributed by atoms with E-state index < -0.39 is 0 Å². The number of hydrogen-bond acceptors (Lipinski definition) is 4. The van der Waals surface area contributed by atoms with Crippen LogP contribution in [0.4, 0.5) is 0 Å². The lowest BCUT2D eigenvalue weighted by molar-refractivity contribution is -0.265. The molecule has 0 bridgehead atoms. The summed E-state index contributed by atoms with van der Waals surface area (Å²) in [5, 5.41) is 23.2. The quantitative estimate of drug-likeness (QED) is 0.475. The Balaban J connectivity index is 1.64. The summed E-state index contributed by atoms with van der Waals surface area (Å²) in [7, 11) is 0. The van der Waals surface area contributed by atoms with Crippen molar-refractivity contribution in [2.75, 3.05) is 0 Å². The largest absolute Gasteiger partial charge is 0.507 e. The summed E-state index contributed by atoms with van der Waals surface area (Å²) >= 11 is 0. The van der Waals surface area contributed by atoms with Crippen molar-refractivity contribution in [2.45, 2.75) is 148 Å². The van der Waals surface area contributed by atoms with Gasteiger partial charge in [0.05, 0.1) is 12.2 Å². The predicted molar refractivity (Wildman–Crippen MR) is 141 cm³/mol. The Kier molecular flexibility index (Phi) is 7.61. The van der Waals surface area contributed by atoms with Gasteiger partial charge in [0, 0.05) is 11.1 Å². The van der Waals surface area contributed by atoms with Crippen molar-refractivity contribution in [3.05, 3.63) is 28.8 Å². The maximum atomic E-state index is 11.0. The highest BCUT2D eigenvalue weighted by Crippen LogP contribution is 2.42. The van der Waals surface area contributed by atoms with E-state index in [2.05, 4.69) is 81.4 Å². The molecular weight excluding hydrogens is 422 g/mol. The van der Waals surface area contributed by atoms with Crippen molar-refractivity contribution in [1.29, 1.82) is 0 Å². The molecule has 2 fully saturated rings. The van der Waals surface area contributed by atoms with Crippen LogP contribution in [0.2, 0.25) is 0 Å². The monoisotopic (exact) mass is 473 g/mol. The molecular formula is C30H51NO3. The van der Waals surface area contributed by atoms with Gasteiger partial charge >= 0.3 is 0 Å². The third-order valence-corrected chi connectivity index (χ3v) is 8.09. The van der Waals surface area contributed by atoms with E-state index in [1.54, 1.807) is 0 Å². The van der Waals surface area contributed by atoms with Gasteiger partial charge in [0.25, 0.3) is 0 Å². The minimum Gasteiger partial charge on any atom is -0.507 e. The summed E-state index contributed by atoms with van der Waals surface area (Å²) in [6, 6.07) is 4.50. The summed E-state index contributed by atoms with van der Waals surface area (Å²) in [5.74, 6) is 1.14. The van der Waals surface area contributed by atoms with E-state index in [1.165, 1.54) is 23.5 Å². The SMILES string of the molecule is CC(C)(C)c1cc(CC2CCC(OC3CC(C)(C)N(O)C(C)(C)C3)CC2)cc(C(C)(C)C)c1O. The Bertz CT molecular complexity index is 798. The maximum absolute atomic E-state index is 11.0. The molecule has 2 aliphatic rings. The first-order valence-corrected chi connectivity index (χ1v) is 13.4. The third kappa shape index (κ3) is 6.17. The van der Waals surface area contributed by atoms with Crippen LogP contribution >= 0.6 is 0 Å². The van der Waals surface area contributed by atoms with E-state index in [-0.39, 0.29) is 28.0 Å². The fourth-order valence-electron chi connectivity index (χ4n) is 6.31. The third-order valence-electron chi connectivity index (χ3n) is 8.09. The first kappa shape index (κ1) is 27.5. The van der Waals surface area contributed by atoms with Gasteiger partial charge in [0.15, 0.2) is 0 Å². The molecule has 4 heteroatoms. The minimum atomic E-state index is -0.266. The van der Waals surface area contributed by atoms with E-state index >= 15 is 0 Å². The van der Waals surface area contributed by atoms with Crippen molar-refractivity contribution in [3.63, 3.8) is 0 Å². The zero-order valence-corrected chi connectivity index (χ0v) is 23.6. The van der Waals surface area contributed by atoms with Crippen LogP contribution in [0.15, 0.2) is 12.1 Å². The fourth-order valence-corrected chi connectivity index (χ4v) is 6.31. The van der Waals surface area contributed by atoms with E-state index in [4.69, 9.17) is 4.74 Å². The van der Waals surface area contributed by atoms with Gasteiger partial charge in [-0.05, 0) is 106 Å². The molecule has 0 unspecified atom stereocenters. The van der Waals surface area contributed by atoms with E-state index in [0.29, 0.717) is 17.8 Å². The molecule has 1 saturated heterocycles. The standard InChI is InChI=1S/C30H51NO3/c1-27(2,3)24-16-21(17-25(26(24)32)28(4,5)6)15-20-11-13-22(14-12-20)34-23-18-29(7,8)31(33)30(9,10)19-23/h16-17,20,22-23,32-33H,11-15,18-19H2,1-10H3. The van der Waals surface area contributed by atoms with Crippen molar-refractivity contribution in [1.82, 2.24) is 5.06 Å². The number of nitrogens with zero attached hydrogens (tertiary/aromatic N) is 1. The molecule has 194 valence electrons. The molecule has 0 amide bonds. The van der Waals surface area contributed by atoms with Crippen LogP contribution in [-0.4, -0.2) is 38.7 Å². The summed E-state index contributed by atoms with van der Waals surface area (Å²) in [6.45, 7) is 21.5. The lowest BCUT2D eigenvalue weighted by Crippen LogP contribution is -2.60. The Morgan fingerprint density at radius 3 is 1.68 bits per heavy atom. The number of phenolic OH excluding ortho intramolecular Hbond substituents is 1. The van der Waals surface area contributed by atoms with Crippen molar-refractivity contribution < 1.29 is 15.1 Å². The average Bonchev–Trinajstić information content (AvgIpc) is 2.66. The van der Waals surface area contributed by atoms with E-state index in [0.717, 1.165) is 43.2 Å². The van der Waals surface area contributed by atoms with Crippen molar-refractivity contribution in [2.24, 2.45) is 5.92 Å². The van der Waals surface area contributed by atoms with Gasteiger partial charge in [-0.2, -0.15) is 5.06 Å². The second kappa shape index (κ2) is 9.41. The zero-order valence-electron chi connectivity index (χ0n) is 23.6. The van der Waals surface area contributed by atoms with Crippen LogP contribution < -0.4 is 0 Å². The number of aromatic hydroxyl groups is 1. The van der Waals surface area contributed by atoms with Crippen LogP contribution in [0.25, 0.3) is 0 Å². The molecule has 0 spiro atoms. The number of rotatable bonds is 4. The highest BCUT2D eigenvalue weighted by atomic mass is 16.5. The number of benzene rings is 1. The highest BCUT2D eigenvalue weighted by molar-refractivity contribution is 5.50. The van der Waals surface area contributed by atoms with E-state index in [1.807, 2.05) is 0 Å². The molecule has 1 aliphatic heterocycles. The molecule has 2 N–H and O–H groups in total. The molecule has 4 nitrogen and oxygen atoms in total. The Morgan fingerprint density at radius 2 is 1.26 bits per heavy atom. The van der Waals surface area contributed by atoms with Gasteiger partial charge in [0.2, 0.25) is 0 Å². The number of ether oxygens (including phenoxy) is 1. The summed E-state index contributed by atoms with van der Waals surface area (Å²) < 4.78 is 6.62.